The summed E-state index contributed by atoms with van der Waals surface area (Å²) >= 11 is 7.75. The Labute approximate surface area is 409 Å². The number of H-pyrrole nitrogens is 1. The maximum atomic E-state index is 15.7. The van der Waals surface area contributed by atoms with Crippen LogP contribution >= 0.6 is 22.9 Å². The Morgan fingerprint density at radius 2 is 1.72 bits per heavy atom. The summed E-state index contributed by atoms with van der Waals surface area (Å²) in [6, 6.07) is 21.3. The average Bonchev–Trinajstić information content (AvgIpc) is 3.96. The minimum atomic E-state index is -0.751. The molecule has 18 heteroatoms. The van der Waals surface area contributed by atoms with Crippen LogP contribution in [0.5, 0.6) is 0 Å². The molecule has 4 heterocycles. The predicted octanol–water partition coefficient (Wildman–Crippen LogP) is 11.2. The van der Waals surface area contributed by atoms with Crippen molar-refractivity contribution in [2.45, 2.75) is 129 Å². The molecule has 3 amide bonds. The van der Waals surface area contributed by atoms with Gasteiger partial charge in [-0.15, -0.1) is 11.3 Å². The molecule has 0 bridgehead atoms. The van der Waals surface area contributed by atoms with E-state index < -0.39 is 47.1 Å². The van der Waals surface area contributed by atoms with Crippen LogP contribution in [0.25, 0.3) is 28.0 Å². The van der Waals surface area contributed by atoms with E-state index in [1.165, 1.54) is 15.9 Å². The minimum absolute atomic E-state index is 0.0396. The smallest absolute Gasteiger partial charge is 0.416 e. The third kappa shape index (κ3) is 13.9. The van der Waals surface area contributed by atoms with Crippen molar-refractivity contribution in [2.75, 3.05) is 11.4 Å². The first-order chi connectivity index (χ1) is 32.8. The van der Waals surface area contributed by atoms with Gasteiger partial charge in [0.2, 0.25) is 0 Å². The van der Waals surface area contributed by atoms with Gasteiger partial charge in [0.1, 0.15) is 23.5 Å². The van der Waals surface area contributed by atoms with Crippen LogP contribution in [0.3, 0.4) is 0 Å². The van der Waals surface area contributed by atoms with E-state index >= 15 is 4.39 Å². The average molecular weight is 985 g/mol. The highest BCUT2D eigenvalue weighted by Crippen LogP contribution is 2.38. The number of thiazole rings is 1. The number of hydrogen-bond acceptors (Lipinski definition) is 11. The van der Waals surface area contributed by atoms with Crippen molar-refractivity contribution in [3.63, 3.8) is 0 Å². The van der Waals surface area contributed by atoms with Crippen LogP contribution in [0.1, 0.15) is 103 Å². The number of carbonyl (C=O) groups excluding carboxylic acids is 3. The second-order valence-electron chi connectivity index (χ2n) is 19.2. The first-order valence-electron chi connectivity index (χ1n) is 23.0. The zero-order chi connectivity index (χ0) is 49.5. The molecule has 0 aliphatic carbocycles. The Morgan fingerprint density at radius 1 is 0.986 bits per heavy atom. The van der Waals surface area contributed by atoms with E-state index in [0.29, 0.717) is 60.4 Å². The van der Waals surface area contributed by atoms with Crippen LogP contribution in [-0.2, 0) is 32.0 Å². The van der Waals surface area contributed by atoms with Crippen LogP contribution in [-0.4, -0.2) is 73.7 Å². The van der Waals surface area contributed by atoms with Crippen molar-refractivity contribution < 1.29 is 37.7 Å². The summed E-state index contributed by atoms with van der Waals surface area (Å²) in [6.07, 6.45) is 4.10. The van der Waals surface area contributed by atoms with Gasteiger partial charge in [-0.3, -0.25) is 4.57 Å². The van der Waals surface area contributed by atoms with Gasteiger partial charge in [-0.2, -0.15) is 4.98 Å². The van der Waals surface area contributed by atoms with Crippen molar-refractivity contribution in [3.8, 4) is 16.9 Å². The van der Waals surface area contributed by atoms with Crippen molar-refractivity contribution in [3.05, 3.63) is 129 Å². The van der Waals surface area contributed by atoms with E-state index in [9.17, 15) is 19.2 Å². The van der Waals surface area contributed by atoms with Gasteiger partial charge in [-0.1, -0.05) is 54.1 Å². The molecule has 1 aliphatic rings. The largest absolute Gasteiger partial charge is 0.445 e. The fraction of sp³-hybridized carbons (Fsp3) is 0.412. The fourth-order valence-electron chi connectivity index (χ4n) is 8.09. The lowest BCUT2D eigenvalue weighted by atomic mass is 9.92. The number of benzene rings is 3. The molecule has 1 saturated heterocycles. The monoisotopic (exact) mass is 983 g/mol. The van der Waals surface area contributed by atoms with Crippen LogP contribution in [0.4, 0.5) is 23.9 Å². The number of amides is 3. The molecule has 69 heavy (non-hydrogen) atoms. The fourth-order valence-corrected chi connectivity index (χ4v) is 9.03. The second-order valence-corrected chi connectivity index (χ2v) is 20.4. The number of hydrogen-bond donors (Lipinski definition) is 3. The van der Waals surface area contributed by atoms with Gasteiger partial charge in [0.25, 0.3) is 0 Å². The van der Waals surface area contributed by atoms with Gasteiger partial charge in [-0.25, -0.2) is 33.5 Å². The zero-order valence-electron chi connectivity index (χ0n) is 39.8. The quantitative estimate of drug-likeness (QED) is 0.0839. The van der Waals surface area contributed by atoms with Crippen molar-refractivity contribution in [1.29, 1.82) is 0 Å². The number of rotatable bonds is 15. The number of nitrogens with zero attached hydrogens (tertiary/aromatic N) is 4. The van der Waals surface area contributed by atoms with E-state index in [2.05, 4.69) is 25.6 Å². The Kier molecular flexibility index (Phi) is 16.1. The number of ether oxygens (including phenoxy) is 4. The number of fused-ring (bicyclic) bond motifs is 1. The van der Waals surface area contributed by atoms with E-state index in [0.717, 1.165) is 16.7 Å². The maximum absolute atomic E-state index is 15.7. The molecule has 0 radical (unpaired) electrons. The number of nitrogens with one attached hydrogen (secondary N) is 3. The number of aromatic nitrogens is 4. The summed E-state index contributed by atoms with van der Waals surface area (Å²) in [4.78, 5) is 65.7. The summed E-state index contributed by atoms with van der Waals surface area (Å²) < 4.78 is 40.4. The first-order valence-corrected chi connectivity index (χ1v) is 24.3. The zero-order valence-corrected chi connectivity index (χ0v) is 41.4. The summed E-state index contributed by atoms with van der Waals surface area (Å²) in [6.45, 7) is 13.2. The molecule has 3 N–H and O–H groups in total. The van der Waals surface area contributed by atoms with Gasteiger partial charge in [0.15, 0.2) is 10.9 Å². The highest BCUT2D eigenvalue weighted by Gasteiger charge is 2.39. The lowest BCUT2D eigenvalue weighted by molar-refractivity contribution is -0.0626. The Hall–Kier alpha value is -6.30. The first kappa shape index (κ1) is 50.6. The molecule has 6 aromatic rings. The molecule has 0 saturated carbocycles. The highest BCUT2D eigenvalue weighted by molar-refractivity contribution is 7.13. The molecule has 3 aromatic heterocycles. The third-order valence-corrected chi connectivity index (χ3v) is 12.2. The molecule has 1 fully saturated rings. The number of alkyl carbamates (subject to hydrolysis) is 2. The van der Waals surface area contributed by atoms with Gasteiger partial charge in [0.05, 0.1) is 28.6 Å². The predicted molar refractivity (Wildman–Crippen MR) is 265 cm³/mol. The van der Waals surface area contributed by atoms with Gasteiger partial charge in [-0.05, 0) is 134 Å². The SMILES string of the molecule is C[C@@H](CCCc1cc(Cl)c(F)c(-c2cc3cn(-c4ccc([C@@H]5C[C@@H](N(C(=O)OC(C)(C)C)c6nccs6)C[C@@H](CCNC(=O)OC(C)(C)C)O5)cc4)c(=O)nc3[nH]2)c1)NC(=O)OCc1ccccc1. The number of aryl methyl sites for hydroxylation is 1. The van der Waals surface area contributed by atoms with Crippen molar-refractivity contribution >= 4 is 57.4 Å². The normalized spacial score (nSPS) is 16.7. The van der Waals surface area contributed by atoms with E-state index in [1.807, 2.05) is 70.2 Å². The van der Waals surface area contributed by atoms with Gasteiger partial charge in [0, 0.05) is 47.4 Å². The van der Waals surface area contributed by atoms with Crippen molar-refractivity contribution in [1.82, 2.24) is 30.2 Å². The van der Waals surface area contributed by atoms with Crippen LogP contribution in [0, 0.1) is 5.82 Å². The molecular formula is C51H59ClFN7O8S. The standard InChI is InChI=1S/C51H59ClFN7O8S/c1-31(56-48(63)65-30-32-13-9-8-10-14-32)12-11-15-33-24-39(43(53)40(52)25-33)41-26-35-29-59(45(61)58-44(35)57-41)36-18-16-34(17-19-36)42-28-37(27-38(66-42)20-21-55-47(62)67-50(2,3)4)60(46-54-22-23-69-46)49(64)68-51(5,6)7/h8-10,13-14,16-19,22-26,29,31,37-38,42H,11-12,15,20-21,27-28,30H2,1-7H3,(H,55,62)(H,56,63)(H,57,58,61)/t31-,37-,38+,42-/m0/s1. The van der Waals surface area contributed by atoms with E-state index in [-0.39, 0.29) is 47.6 Å². The number of aromatic amines is 1. The molecule has 0 spiro atoms. The van der Waals surface area contributed by atoms with Gasteiger partial charge < -0.3 is 34.6 Å². The number of carbonyl (C=O) groups is 3. The summed E-state index contributed by atoms with van der Waals surface area (Å²) in [7, 11) is 0. The van der Waals surface area contributed by atoms with Gasteiger partial charge >= 0.3 is 24.0 Å². The summed E-state index contributed by atoms with van der Waals surface area (Å²) in [5.41, 5.74) is 2.01. The van der Waals surface area contributed by atoms with E-state index in [1.54, 1.807) is 73.8 Å². The lowest BCUT2D eigenvalue weighted by Crippen LogP contribution is -2.48. The Balaban J connectivity index is 1.05. The molecule has 15 nitrogen and oxygen atoms in total. The van der Waals surface area contributed by atoms with Crippen LogP contribution < -0.4 is 21.2 Å². The molecular weight excluding hydrogens is 925 g/mol. The third-order valence-electron chi connectivity index (χ3n) is 11.2. The molecule has 3 aromatic carbocycles. The van der Waals surface area contributed by atoms with Crippen molar-refractivity contribution in [2.24, 2.45) is 0 Å². The van der Waals surface area contributed by atoms with Crippen LogP contribution in [0.2, 0.25) is 5.02 Å². The molecule has 366 valence electrons. The highest BCUT2D eigenvalue weighted by atomic mass is 35.5. The molecule has 0 unspecified atom stereocenters. The molecule has 4 atom stereocenters. The Morgan fingerprint density at radius 3 is 2.42 bits per heavy atom. The molecule has 1 aliphatic heterocycles. The topological polar surface area (TPSA) is 179 Å². The summed E-state index contributed by atoms with van der Waals surface area (Å²) in [5.74, 6) is -0.608. The van der Waals surface area contributed by atoms with E-state index in [4.69, 9.17) is 30.5 Å². The number of halogens is 2. The number of anilines is 1. The maximum Gasteiger partial charge on any atom is 0.416 e. The van der Waals surface area contributed by atoms with Crippen LogP contribution in [0.15, 0.2) is 95.4 Å². The second kappa shape index (κ2) is 22.0. The lowest BCUT2D eigenvalue weighted by Gasteiger charge is -2.40. The summed E-state index contributed by atoms with van der Waals surface area (Å²) in [5, 5.41) is 8.51. The molecule has 7 rings (SSSR count). The minimum Gasteiger partial charge on any atom is -0.445 e. The Bertz CT molecular complexity index is 2770.